The Morgan fingerprint density at radius 2 is 1.85 bits per heavy atom. The zero-order valence-corrected chi connectivity index (χ0v) is 22.4. The van der Waals surface area contributed by atoms with Crippen LogP contribution in [-0.4, -0.2) is 50.6 Å². The number of nitrogens with two attached hydrogens (primary N) is 2. The Balaban J connectivity index is 1.64. The summed E-state index contributed by atoms with van der Waals surface area (Å²) < 4.78 is 21.7. The van der Waals surface area contributed by atoms with Crippen LogP contribution in [0.4, 0.5) is 17.4 Å². The number of nitriles is 1. The molecule has 1 fully saturated rings. The highest BCUT2D eigenvalue weighted by atomic mass is 32.1. The second-order valence-corrected chi connectivity index (χ2v) is 9.69. The van der Waals surface area contributed by atoms with Crippen molar-refractivity contribution < 1.29 is 28.6 Å². The van der Waals surface area contributed by atoms with E-state index < -0.39 is 5.90 Å². The van der Waals surface area contributed by atoms with Gasteiger partial charge >= 0.3 is 5.88 Å². The van der Waals surface area contributed by atoms with E-state index in [1.54, 1.807) is 23.1 Å². The van der Waals surface area contributed by atoms with Gasteiger partial charge in [-0.05, 0) is 37.0 Å². The van der Waals surface area contributed by atoms with Crippen LogP contribution in [0.3, 0.4) is 0 Å². The third kappa shape index (κ3) is 4.57. The fraction of sp³-hybridized carbons (Fsp3) is 0.320. The van der Waals surface area contributed by atoms with Gasteiger partial charge in [0.1, 0.15) is 22.3 Å². The number of nitrogen functional groups attached to an aromatic ring is 2. The summed E-state index contributed by atoms with van der Waals surface area (Å²) in [5.41, 5.74) is 13.8. The molecule has 0 spiro atoms. The first-order chi connectivity index (χ1) is 18.9. The van der Waals surface area contributed by atoms with Gasteiger partial charge in [0.2, 0.25) is 11.0 Å². The van der Waals surface area contributed by atoms with Crippen LogP contribution >= 0.6 is 11.3 Å². The van der Waals surface area contributed by atoms with Crippen molar-refractivity contribution in [2.45, 2.75) is 19.3 Å². The number of anilines is 2. The zero-order valence-electron chi connectivity index (χ0n) is 21.6. The number of pyridine rings is 1. The molecule has 0 atom stereocenters. The molecule has 1 aromatic carbocycles. The molecule has 0 aliphatic carbocycles. The SMILES string of the molecule is COc1cc(-c2c(C#N)c(N)nc3sc(/C([O-])=N/c4c[n+](N5CCCCC5)no4)c(N)c23)cc(OC)c1OC. The van der Waals surface area contributed by atoms with Crippen LogP contribution in [-0.2, 0) is 0 Å². The average Bonchev–Trinajstić information content (AvgIpc) is 3.55. The molecule has 4 heterocycles. The van der Waals surface area contributed by atoms with E-state index in [0.29, 0.717) is 38.6 Å². The standard InChI is InChI=1S/C25H26N8O5S/c1-35-15-9-13(10-16(36-2)21(15)37-3)18-14(11-26)23(28)30-25-19(18)20(27)22(39-25)24(34)29-17-12-33(31-38-17)32-7-5-4-6-8-32/h9-10,12H,4-8H2,1-3H3,(H4-,27,28,29,30,31,34). The number of hydrogen-bond donors (Lipinski definition) is 2. The van der Waals surface area contributed by atoms with E-state index in [9.17, 15) is 10.4 Å². The first kappa shape index (κ1) is 25.9. The molecule has 1 saturated heterocycles. The number of hydrogen-bond acceptors (Lipinski definition) is 13. The molecule has 0 saturated carbocycles. The summed E-state index contributed by atoms with van der Waals surface area (Å²) in [7, 11) is 4.46. The van der Waals surface area contributed by atoms with Crippen molar-refractivity contribution in [2.75, 3.05) is 50.9 Å². The molecule has 4 N–H and O–H groups in total. The number of ether oxygens (including phenoxy) is 3. The quantitative estimate of drug-likeness (QED) is 0.194. The lowest BCUT2D eigenvalue weighted by Crippen LogP contribution is -2.60. The molecule has 1 aliphatic heterocycles. The number of aromatic nitrogens is 3. The van der Waals surface area contributed by atoms with Gasteiger partial charge < -0.3 is 30.8 Å². The van der Waals surface area contributed by atoms with Crippen molar-refractivity contribution in [2.24, 2.45) is 4.99 Å². The predicted molar refractivity (Wildman–Crippen MR) is 143 cm³/mol. The van der Waals surface area contributed by atoms with Crippen LogP contribution in [0.15, 0.2) is 27.8 Å². The number of rotatable bonds is 7. The third-order valence-corrected chi connectivity index (χ3v) is 7.53. The minimum Gasteiger partial charge on any atom is -0.857 e. The molecule has 39 heavy (non-hydrogen) atoms. The summed E-state index contributed by atoms with van der Waals surface area (Å²) >= 11 is 1.02. The molecule has 1 aliphatic rings. The molecule has 3 aromatic heterocycles. The summed E-state index contributed by atoms with van der Waals surface area (Å²) in [5.74, 6) is 0.507. The molecule has 0 bridgehead atoms. The average molecular weight is 551 g/mol. The molecule has 0 amide bonds. The van der Waals surface area contributed by atoms with E-state index in [1.807, 2.05) is 5.01 Å². The lowest BCUT2D eigenvalue weighted by molar-refractivity contribution is -0.759. The molecular weight excluding hydrogens is 524 g/mol. The van der Waals surface area contributed by atoms with E-state index in [-0.39, 0.29) is 27.8 Å². The Labute approximate surface area is 227 Å². The second-order valence-electron chi connectivity index (χ2n) is 8.69. The van der Waals surface area contributed by atoms with Gasteiger partial charge in [0.05, 0.1) is 49.8 Å². The summed E-state index contributed by atoms with van der Waals surface area (Å²) in [6.45, 7) is 1.68. The Morgan fingerprint density at radius 3 is 2.46 bits per heavy atom. The van der Waals surface area contributed by atoms with Crippen molar-refractivity contribution in [1.82, 2.24) is 10.3 Å². The zero-order chi connectivity index (χ0) is 27.7. The Hall–Kier alpha value is -4.77. The molecule has 4 aromatic rings. The maximum atomic E-state index is 13.2. The lowest BCUT2D eigenvalue weighted by atomic mass is 9.96. The topological polar surface area (TPSA) is 185 Å². The Morgan fingerprint density at radius 1 is 1.15 bits per heavy atom. The minimum absolute atomic E-state index is 0.0104. The predicted octanol–water partition coefficient (Wildman–Crippen LogP) is 1.86. The summed E-state index contributed by atoms with van der Waals surface area (Å²) in [6, 6.07) is 5.45. The van der Waals surface area contributed by atoms with Crippen LogP contribution in [0.2, 0.25) is 0 Å². The van der Waals surface area contributed by atoms with Gasteiger partial charge in [-0.25, -0.2) is 9.98 Å². The van der Waals surface area contributed by atoms with Crippen LogP contribution < -0.4 is 40.6 Å². The smallest absolute Gasteiger partial charge is 0.324 e. The van der Waals surface area contributed by atoms with Crippen LogP contribution in [0.25, 0.3) is 21.3 Å². The van der Waals surface area contributed by atoms with Crippen molar-refractivity contribution in [3.05, 3.63) is 28.8 Å². The highest BCUT2D eigenvalue weighted by molar-refractivity contribution is 7.21. The Kier molecular flexibility index (Phi) is 6.99. The van der Waals surface area contributed by atoms with E-state index >= 15 is 0 Å². The van der Waals surface area contributed by atoms with E-state index in [2.05, 4.69) is 21.3 Å². The van der Waals surface area contributed by atoms with Crippen LogP contribution in [0.5, 0.6) is 17.2 Å². The molecule has 5 rings (SSSR count). The molecule has 202 valence electrons. The third-order valence-electron chi connectivity index (χ3n) is 6.44. The maximum absolute atomic E-state index is 13.2. The van der Waals surface area contributed by atoms with Gasteiger partial charge in [-0.1, -0.05) is 0 Å². The first-order valence-electron chi connectivity index (χ1n) is 12.0. The number of thiophene rings is 1. The number of nitrogens with zero attached hydrogens (tertiary/aromatic N) is 6. The Bertz CT molecular complexity index is 1590. The normalized spacial score (nSPS) is 13.9. The van der Waals surface area contributed by atoms with Crippen LogP contribution in [0, 0.1) is 11.3 Å². The number of methoxy groups -OCH3 is 3. The number of piperidine rings is 1. The van der Waals surface area contributed by atoms with Crippen LogP contribution in [0.1, 0.15) is 29.7 Å². The van der Waals surface area contributed by atoms with Gasteiger partial charge in [0.25, 0.3) is 6.20 Å². The molecule has 14 heteroatoms. The lowest BCUT2D eigenvalue weighted by Gasteiger charge is -2.17. The van der Waals surface area contributed by atoms with Gasteiger partial charge in [-0.15, -0.1) is 11.3 Å². The summed E-state index contributed by atoms with van der Waals surface area (Å²) in [4.78, 5) is 10.5. The second kappa shape index (κ2) is 10.5. The highest BCUT2D eigenvalue weighted by Gasteiger charge is 2.25. The molecule has 0 radical (unpaired) electrons. The minimum atomic E-state index is -0.634. The first-order valence-corrected chi connectivity index (χ1v) is 12.8. The monoisotopic (exact) mass is 550 g/mol. The van der Waals surface area contributed by atoms with Gasteiger partial charge in [-0.2, -0.15) is 10.3 Å². The van der Waals surface area contributed by atoms with Crippen molar-refractivity contribution in [1.29, 1.82) is 5.26 Å². The highest BCUT2D eigenvalue weighted by Crippen LogP contribution is 2.47. The number of fused-ring (bicyclic) bond motifs is 1. The van der Waals surface area contributed by atoms with E-state index in [0.717, 1.165) is 37.3 Å². The van der Waals surface area contributed by atoms with Gasteiger partial charge in [0.15, 0.2) is 11.5 Å². The fourth-order valence-corrected chi connectivity index (χ4v) is 5.60. The summed E-state index contributed by atoms with van der Waals surface area (Å²) in [5, 5.41) is 29.6. The molecule has 0 unspecified atom stereocenters. The van der Waals surface area contributed by atoms with Gasteiger partial charge in [0, 0.05) is 16.8 Å². The largest absolute Gasteiger partial charge is 0.857 e. The van der Waals surface area contributed by atoms with Gasteiger partial charge in [-0.3, -0.25) is 4.52 Å². The fourth-order valence-electron chi connectivity index (χ4n) is 4.60. The van der Waals surface area contributed by atoms with Crippen molar-refractivity contribution in [3.63, 3.8) is 0 Å². The number of aliphatic imine (C=N–C) groups is 1. The van der Waals surface area contributed by atoms with Crippen molar-refractivity contribution in [3.8, 4) is 34.4 Å². The van der Waals surface area contributed by atoms with Crippen molar-refractivity contribution >= 4 is 44.8 Å². The molecule has 13 nitrogen and oxygen atoms in total. The summed E-state index contributed by atoms with van der Waals surface area (Å²) in [6.07, 6.45) is 4.83. The van der Waals surface area contributed by atoms with E-state index in [1.165, 1.54) is 27.8 Å². The number of benzene rings is 1. The maximum Gasteiger partial charge on any atom is 0.324 e. The van der Waals surface area contributed by atoms with E-state index in [4.69, 9.17) is 30.2 Å². The molecular formula is C25H26N8O5S.